The fourth-order valence-electron chi connectivity index (χ4n) is 3.40. The minimum atomic E-state index is 0.402. The van der Waals surface area contributed by atoms with E-state index in [1.807, 2.05) is 42.5 Å². The molecule has 6 N–H and O–H groups in total. The van der Waals surface area contributed by atoms with Crippen LogP contribution in [0.4, 0.5) is 10.8 Å². The van der Waals surface area contributed by atoms with Crippen molar-refractivity contribution in [2.75, 3.05) is 31.6 Å². The van der Waals surface area contributed by atoms with Gasteiger partial charge in [-0.25, -0.2) is 15.8 Å². The zero-order valence-electron chi connectivity index (χ0n) is 17.3. The van der Waals surface area contributed by atoms with Gasteiger partial charge in [0.25, 0.3) is 0 Å². The van der Waals surface area contributed by atoms with Crippen LogP contribution >= 0.6 is 23.3 Å². The number of hydrazine groups is 2. The fourth-order valence-corrected chi connectivity index (χ4v) is 4.91. The van der Waals surface area contributed by atoms with Crippen LogP contribution in [-0.4, -0.2) is 42.0 Å². The molecule has 0 radical (unpaired) electrons. The summed E-state index contributed by atoms with van der Waals surface area (Å²) in [6, 6.07) is 16.0. The highest BCUT2D eigenvalue weighted by atomic mass is 32.2. The molecule has 31 heavy (non-hydrogen) atoms. The summed E-state index contributed by atoms with van der Waals surface area (Å²) < 4.78 is 4.57. The molecule has 2 aromatic carbocycles. The maximum Gasteiger partial charge on any atom is 0.230 e. The summed E-state index contributed by atoms with van der Waals surface area (Å²) in [6.45, 7) is 4.50. The van der Waals surface area contributed by atoms with Crippen LogP contribution in [0.15, 0.2) is 58.4 Å². The summed E-state index contributed by atoms with van der Waals surface area (Å²) in [5.41, 5.74) is 10.4. The maximum absolute atomic E-state index is 5.64. The van der Waals surface area contributed by atoms with E-state index in [4.69, 9.17) is 5.84 Å². The van der Waals surface area contributed by atoms with E-state index >= 15 is 0 Å². The topological polar surface area (TPSA) is 103 Å². The molecular weight excluding hydrogens is 428 g/mol. The predicted molar refractivity (Wildman–Crippen MR) is 131 cm³/mol. The zero-order valence-corrected chi connectivity index (χ0v) is 18.9. The average Bonchev–Trinajstić information content (AvgIpc) is 3.23. The number of nitrogens with two attached hydrogens (primary N) is 1. The highest BCUT2D eigenvalue weighted by Crippen LogP contribution is 2.25. The highest BCUT2D eigenvalue weighted by molar-refractivity contribution is 7.97. The summed E-state index contributed by atoms with van der Waals surface area (Å²) >= 11 is 3.18. The number of nitrogens with one attached hydrogen (secondary N) is 4. The normalized spacial score (nSPS) is 15.2. The molecule has 1 aromatic heterocycles. The van der Waals surface area contributed by atoms with Crippen molar-refractivity contribution in [2.45, 2.75) is 24.2 Å². The van der Waals surface area contributed by atoms with Gasteiger partial charge in [-0.2, -0.15) is 0 Å². The lowest BCUT2D eigenvalue weighted by Gasteiger charge is -2.26. The van der Waals surface area contributed by atoms with Crippen LogP contribution in [0.2, 0.25) is 0 Å². The average molecular weight is 457 g/mol. The number of aromatic nitrogens is 1. The van der Waals surface area contributed by atoms with Crippen molar-refractivity contribution in [3.8, 4) is 0 Å². The molecule has 0 atom stereocenters. The van der Waals surface area contributed by atoms with Gasteiger partial charge in [0, 0.05) is 18.0 Å². The first-order chi connectivity index (χ1) is 15.3. The first-order valence-electron chi connectivity index (χ1n) is 10.5. The SMILES string of the molecule is NNC(=Nc1cccc(SNCCN2CCCCC2)c1)NNc1nc2ccccc2s1. The second kappa shape index (κ2) is 11.3. The Balaban J connectivity index is 1.28. The standard InChI is InChI=1S/C21H28N8S2/c22-26-20(27-28-21-25-18-9-2-3-10-19(18)30-21)24-16-7-6-8-17(15-16)31-23-11-14-29-12-4-1-5-13-29/h2-3,6-10,15,23H,1,4-5,11-14,22H2,(H,25,28)(H2,24,26,27). The molecule has 2 heterocycles. The zero-order chi connectivity index (χ0) is 21.3. The number of hydrogen-bond donors (Lipinski definition) is 5. The number of aliphatic imine (C=N–C) groups is 1. The molecule has 164 valence electrons. The first kappa shape index (κ1) is 21.8. The number of para-hydroxylation sites is 1. The number of anilines is 1. The fraction of sp³-hybridized carbons (Fsp3) is 0.333. The van der Waals surface area contributed by atoms with E-state index in [2.05, 4.69) is 41.9 Å². The Morgan fingerprint density at radius 1 is 1.13 bits per heavy atom. The van der Waals surface area contributed by atoms with E-state index in [1.165, 1.54) is 32.4 Å². The van der Waals surface area contributed by atoms with Crippen molar-refractivity contribution in [3.05, 3.63) is 48.5 Å². The summed E-state index contributed by atoms with van der Waals surface area (Å²) in [4.78, 5) is 12.7. The monoisotopic (exact) mass is 456 g/mol. The number of guanidine groups is 1. The van der Waals surface area contributed by atoms with E-state index in [1.54, 1.807) is 23.3 Å². The van der Waals surface area contributed by atoms with Crippen LogP contribution < -0.4 is 26.8 Å². The van der Waals surface area contributed by atoms with Crippen LogP contribution in [0.5, 0.6) is 0 Å². The molecular formula is C21H28N8S2. The van der Waals surface area contributed by atoms with Gasteiger partial charge in [-0.1, -0.05) is 36.0 Å². The third kappa shape index (κ3) is 6.55. The van der Waals surface area contributed by atoms with Crippen molar-refractivity contribution >= 4 is 50.3 Å². The number of likely N-dealkylation sites (tertiary alicyclic amines) is 1. The van der Waals surface area contributed by atoms with Crippen molar-refractivity contribution in [1.29, 1.82) is 0 Å². The molecule has 0 spiro atoms. The quantitative estimate of drug-likeness (QED) is 0.0877. The number of rotatable bonds is 8. The Kier molecular flexibility index (Phi) is 7.97. The van der Waals surface area contributed by atoms with Crippen LogP contribution in [0.25, 0.3) is 10.2 Å². The summed E-state index contributed by atoms with van der Waals surface area (Å²) in [5.74, 6) is 6.05. The minimum Gasteiger partial charge on any atom is -0.302 e. The van der Waals surface area contributed by atoms with Gasteiger partial charge in [0.15, 0.2) is 0 Å². The smallest absolute Gasteiger partial charge is 0.230 e. The lowest BCUT2D eigenvalue weighted by Crippen LogP contribution is -2.44. The summed E-state index contributed by atoms with van der Waals surface area (Å²) in [7, 11) is 0. The van der Waals surface area contributed by atoms with Crippen LogP contribution in [0, 0.1) is 0 Å². The Hall–Kier alpha value is -2.37. The van der Waals surface area contributed by atoms with Gasteiger partial charge in [0.05, 0.1) is 15.9 Å². The van der Waals surface area contributed by atoms with E-state index in [0.717, 1.165) is 39.0 Å². The molecule has 4 rings (SSSR count). The molecule has 0 bridgehead atoms. The number of hydrogen-bond acceptors (Lipinski definition) is 8. The number of nitrogens with zero attached hydrogens (tertiary/aromatic N) is 3. The lowest BCUT2D eigenvalue weighted by atomic mass is 10.1. The predicted octanol–water partition coefficient (Wildman–Crippen LogP) is 3.45. The van der Waals surface area contributed by atoms with Gasteiger partial charge in [-0.15, -0.1) is 0 Å². The molecule has 0 amide bonds. The van der Waals surface area contributed by atoms with E-state index in [-0.39, 0.29) is 0 Å². The third-order valence-electron chi connectivity index (χ3n) is 4.95. The van der Waals surface area contributed by atoms with Crippen LogP contribution in [0.3, 0.4) is 0 Å². The molecule has 0 saturated carbocycles. The van der Waals surface area contributed by atoms with E-state index < -0.39 is 0 Å². The molecule has 1 fully saturated rings. The molecule has 1 aliphatic heterocycles. The molecule has 1 aliphatic rings. The molecule has 3 aromatic rings. The molecule has 0 aliphatic carbocycles. The van der Waals surface area contributed by atoms with E-state index in [9.17, 15) is 0 Å². The lowest BCUT2D eigenvalue weighted by molar-refractivity contribution is 0.233. The Morgan fingerprint density at radius 2 is 2.00 bits per heavy atom. The van der Waals surface area contributed by atoms with Crippen molar-refractivity contribution in [3.63, 3.8) is 0 Å². The second-order valence-electron chi connectivity index (χ2n) is 7.24. The molecule has 1 saturated heterocycles. The largest absolute Gasteiger partial charge is 0.302 e. The summed E-state index contributed by atoms with van der Waals surface area (Å²) in [5, 5.41) is 0.742. The van der Waals surface area contributed by atoms with Crippen molar-refractivity contribution in [2.24, 2.45) is 10.8 Å². The Labute approximate surface area is 190 Å². The van der Waals surface area contributed by atoms with Gasteiger partial charge in [0.2, 0.25) is 11.1 Å². The molecule has 0 unspecified atom stereocenters. The maximum atomic E-state index is 5.64. The number of fused-ring (bicyclic) bond motifs is 1. The van der Waals surface area contributed by atoms with Crippen molar-refractivity contribution in [1.82, 2.24) is 25.5 Å². The second-order valence-corrected chi connectivity index (χ2v) is 9.23. The molecule has 8 nitrogen and oxygen atoms in total. The first-order valence-corrected chi connectivity index (χ1v) is 12.1. The number of piperidine rings is 1. The van der Waals surface area contributed by atoms with Crippen molar-refractivity contribution < 1.29 is 0 Å². The van der Waals surface area contributed by atoms with Gasteiger partial charge >= 0.3 is 0 Å². The number of benzene rings is 2. The highest BCUT2D eigenvalue weighted by Gasteiger charge is 2.09. The summed E-state index contributed by atoms with van der Waals surface area (Å²) in [6.07, 6.45) is 4.02. The van der Waals surface area contributed by atoms with Gasteiger partial charge in [-0.3, -0.25) is 21.0 Å². The van der Waals surface area contributed by atoms with Crippen LogP contribution in [-0.2, 0) is 0 Å². The number of thiazole rings is 1. The molecule has 10 heteroatoms. The van der Waals surface area contributed by atoms with Crippen LogP contribution in [0.1, 0.15) is 19.3 Å². The third-order valence-corrected chi connectivity index (χ3v) is 6.74. The van der Waals surface area contributed by atoms with E-state index in [0.29, 0.717) is 5.96 Å². The minimum absolute atomic E-state index is 0.402. The van der Waals surface area contributed by atoms with Gasteiger partial charge in [-0.05, 0) is 68.2 Å². The van der Waals surface area contributed by atoms with Gasteiger partial charge < -0.3 is 4.90 Å². The van der Waals surface area contributed by atoms with Gasteiger partial charge in [0.1, 0.15) is 0 Å². The Bertz CT molecular complexity index is 967. The Morgan fingerprint density at radius 3 is 2.84 bits per heavy atom.